The molecule has 1 atom stereocenters. The van der Waals surface area contributed by atoms with E-state index in [-0.39, 0.29) is 11.7 Å². The average Bonchev–Trinajstić information content (AvgIpc) is 2.43. The van der Waals surface area contributed by atoms with Crippen molar-refractivity contribution in [1.82, 2.24) is 0 Å². The maximum Gasteiger partial charge on any atom is 0.295 e. The molecule has 0 aliphatic rings. The molecule has 0 fully saturated rings. The first-order chi connectivity index (χ1) is 9.88. The lowest BCUT2D eigenvalue weighted by Crippen LogP contribution is -2.09. The summed E-state index contributed by atoms with van der Waals surface area (Å²) in [6.45, 7) is 3.43. The van der Waals surface area contributed by atoms with E-state index in [0.29, 0.717) is 16.3 Å². The van der Waals surface area contributed by atoms with Gasteiger partial charge in [-0.05, 0) is 43.2 Å². The van der Waals surface area contributed by atoms with Crippen molar-refractivity contribution in [2.45, 2.75) is 19.9 Å². The van der Waals surface area contributed by atoms with E-state index < -0.39 is 10.7 Å². The van der Waals surface area contributed by atoms with Crippen LogP contribution in [0.4, 0.5) is 15.8 Å². The van der Waals surface area contributed by atoms with E-state index in [1.165, 1.54) is 6.07 Å². The van der Waals surface area contributed by atoms with Crippen molar-refractivity contribution in [2.75, 3.05) is 5.32 Å². The number of rotatable bonds is 4. The lowest BCUT2D eigenvalue weighted by atomic mass is 10.1. The summed E-state index contributed by atoms with van der Waals surface area (Å²) < 4.78 is 13.5. The van der Waals surface area contributed by atoms with E-state index >= 15 is 0 Å². The van der Waals surface area contributed by atoms with E-state index in [9.17, 15) is 14.5 Å². The molecule has 0 bridgehead atoms. The summed E-state index contributed by atoms with van der Waals surface area (Å²) in [6.07, 6.45) is 0. The smallest absolute Gasteiger partial charge is 0.295 e. The second kappa shape index (κ2) is 6.10. The molecule has 2 rings (SSSR count). The SMILES string of the molecule is Cc1cc(NC(C)c2ccc(Cl)cc2)c([N+](=O)[O-])cc1F. The van der Waals surface area contributed by atoms with Crippen molar-refractivity contribution in [2.24, 2.45) is 0 Å². The van der Waals surface area contributed by atoms with E-state index in [0.717, 1.165) is 11.6 Å². The summed E-state index contributed by atoms with van der Waals surface area (Å²) >= 11 is 5.83. The van der Waals surface area contributed by atoms with Crippen LogP contribution in [0.2, 0.25) is 5.02 Å². The van der Waals surface area contributed by atoms with Gasteiger partial charge in [0, 0.05) is 11.1 Å². The zero-order chi connectivity index (χ0) is 15.6. The number of nitrogens with zero attached hydrogens (tertiary/aromatic N) is 1. The van der Waals surface area contributed by atoms with Crippen molar-refractivity contribution in [3.05, 3.63) is 68.5 Å². The molecule has 1 unspecified atom stereocenters. The third-order valence-corrected chi connectivity index (χ3v) is 3.47. The number of aryl methyl sites for hydroxylation is 1. The number of nitrogens with one attached hydrogen (secondary N) is 1. The minimum absolute atomic E-state index is 0.175. The Kier molecular flexibility index (Phi) is 4.43. The van der Waals surface area contributed by atoms with Crippen LogP contribution in [0.25, 0.3) is 0 Å². The highest BCUT2D eigenvalue weighted by Crippen LogP contribution is 2.30. The largest absolute Gasteiger partial charge is 0.373 e. The molecule has 2 aromatic carbocycles. The molecule has 0 saturated heterocycles. The van der Waals surface area contributed by atoms with Crippen molar-refractivity contribution in [3.63, 3.8) is 0 Å². The summed E-state index contributed by atoms with van der Waals surface area (Å²) in [7, 11) is 0. The normalized spacial score (nSPS) is 12.0. The monoisotopic (exact) mass is 308 g/mol. The average molecular weight is 309 g/mol. The maximum atomic E-state index is 13.5. The zero-order valence-electron chi connectivity index (χ0n) is 11.6. The molecule has 0 amide bonds. The molecule has 0 heterocycles. The van der Waals surface area contributed by atoms with Gasteiger partial charge in [0.1, 0.15) is 11.5 Å². The van der Waals surface area contributed by atoms with Crippen LogP contribution in [0.3, 0.4) is 0 Å². The molecular formula is C15H14ClFN2O2. The Morgan fingerprint density at radius 1 is 1.29 bits per heavy atom. The molecule has 4 nitrogen and oxygen atoms in total. The lowest BCUT2D eigenvalue weighted by molar-refractivity contribution is -0.384. The molecule has 1 N–H and O–H groups in total. The van der Waals surface area contributed by atoms with Crippen LogP contribution in [0.1, 0.15) is 24.1 Å². The van der Waals surface area contributed by atoms with E-state index in [1.54, 1.807) is 19.1 Å². The van der Waals surface area contributed by atoms with Gasteiger partial charge < -0.3 is 5.32 Å². The summed E-state index contributed by atoms with van der Waals surface area (Å²) in [5, 5.41) is 14.7. The Morgan fingerprint density at radius 3 is 2.48 bits per heavy atom. The van der Waals surface area contributed by atoms with Gasteiger partial charge in [0.2, 0.25) is 0 Å². The minimum Gasteiger partial charge on any atom is -0.373 e. The number of hydrogen-bond donors (Lipinski definition) is 1. The predicted molar refractivity (Wildman–Crippen MR) is 81.3 cm³/mol. The molecule has 0 aliphatic heterocycles. The zero-order valence-corrected chi connectivity index (χ0v) is 12.3. The van der Waals surface area contributed by atoms with Gasteiger partial charge in [-0.1, -0.05) is 23.7 Å². The second-order valence-corrected chi connectivity index (χ2v) is 5.23. The van der Waals surface area contributed by atoms with Gasteiger partial charge in [-0.2, -0.15) is 0 Å². The summed E-state index contributed by atoms with van der Waals surface area (Å²) in [5.74, 6) is -0.591. The molecule has 0 saturated carbocycles. The number of hydrogen-bond acceptors (Lipinski definition) is 3. The van der Waals surface area contributed by atoms with Gasteiger partial charge in [-0.3, -0.25) is 10.1 Å². The summed E-state index contributed by atoms with van der Waals surface area (Å²) in [5.41, 5.74) is 1.29. The number of benzene rings is 2. The lowest BCUT2D eigenvalue weighted by Gasteiger charge is -2.16. The quantitative estimate of drug-likeness (QED) is 0.647. The van der Waals surface area contributed by atoms with Crippen molar-refractivity contribution < 1.29 is 9.31 Å². The van der Waals surface area contributed by atoms with Crippen LogP contribution in [-0.4, -0.2) is 4.92 Å². The van der Waals surface area contributed by atoms with Gasteiger partial charge in [-0.25, -0.2) is 4.39 Å². The van der Waals surface area contributed by atoms with Gasteiger partial charge in [0.05, 0.1) is 11.0 Å². The Balaban J connectivity index is 2.32. The minimum atomic E-state index is -0.598. The van der Waals surface area contributed by atoms with Crippen molar-refractivity contribution in [1.29, 1.82) is 0 Å². The number of anilines is 1. The van der Waals surface area contributed by atoms with Gasteiger partial charge >= 0.3 is 0 Å². The predicted octanol–water partition coefficient (Wildman–Crippen LogP) is 4.87. The first-order valence-electron chi connectivity index (χ1n) is 6.35. The molecule has 110 valence electrons. The molecule has 0 radical (unpaired) electrons. The fourth-order valence-corrected chi connectivity index (χ4v) is 2.13. The van der Waals surface area contributed by atoms with Crippen LogP contribution in [0.15, 0.2) is 36.4 Å². The second-order valence-electron chi connectivity index (χ2n) is 4.79. The molecule has 21 heavy (non-hydrogen) atoms. The van der Waals surface area contributed by atoms with E-state index in [2.05, 4.69) is 5.32 Å². The summed E-state index contributed by atoms with van der Waals surface area (Å²) in [4.78, 5) is 10.4. The highest BCUT2D eigenvalue weighted by atomic mass is 35.5. The van der Waals surface area contributed by atoms with Crippen molar-refractivity contribution >= 4 is 23.0 Å². The Labute approximate surface area is 126 Å². The molecule has 0 aromatic heterocycles. The fraction of sp³-hybridized carbons (Fsp3) is 0.200. The number of halogens is 2. The van der Waals surface area contributed by atoms with E-state index in [1.807, 2.05) is 19.1 Å². The standard InChI is InChI=1S/C15H14ClFN2O2/c1-9-7-14(15(19(20)21)8-13(9)17)18-10(2)11-3-5-12(16)6-4-11/h3-8,10,18H,1-2H3. The van der Waals surface area contributed by atoms with Crippen LogP contribution in [-0.2, 0) is 0 Å². The molecule has 2 aromatic rings. The van der Waals surface area contributed by atoms with Crippen LogP contribution in [0.5, 0.6) is 0 Å². The van der Waals surface area contributed by atoms with E-state index in [4.69, 9.17) is 11.6 Å². The van der Waals surface area contributed by atoms with Gasteiger partial charge in [0.25, 0.3) is 5.69 Å². The first-order valence-corrected chi connectivity index (χ1v) is 6.73. The number of nitro benzene ring substituents is 1. The molecular weight excluding hydrogens is 295 g/mol. The van der Waals surface area contributed by atoms with Crippen LogP contribution < -0.4 is 5.32 Å². The molecule has 6 heteroatoms. The highest BCUT2D eigenvalue weighted by Gasteiger charge is 2.18. The third-order valence-electron chi connectivity index (χ3n) is 3.22. The Bertz CT molecular complexity index is 674. The first kappa shape index (κ1) is 15.3. The maximum absolute atomic E-state index is 13.5. The molecule has 0 spiro atoms. The highest BCUT2D eigenvalue weighted by molar-refractivity contribution is 6.30. The fourth-order valence-electron chi connectivity index (χ4n) is 2.01. The molecule has 0 aliphatic carbocycles. The number of nitro groups is 1. The van der Waals surface area contributed by atoms with Crippen LogP contribution >= 0.6 is 11.6 Å². The van der Waals surface area contributed by atoms with Crippen molar-refractivity contribution in [3.8, 4) is 0 Å². The third kappa shape index (κ3) is 3.49. The Hall–Kier alpha value is -2.14. The van der Waals surface area contributed by atoms with Gasteiger partial charge in [-0.15, -0.1) is 0 Å². The summed E-state index contributed by atoms with van der Waals surface area (Å²) in [6, 6.07) is 9.38. The van der Waals surface area contributed by atoms with Crippen LogP contribution in [0, 0.1) is 22.9 Å². The Morgan fingerprint density at radius 2 is 1.90 bits per heavy atom. The topological polar surface area (TPSA) is 55.2 Å². The van der Waals surface area contributed by atoms with Gasteiger partial charge in [0.15, 0.2) is 0 Å².